The van der Waals surface area contributed by atoms with Crippen molar-refractivity contribution in [3.8, 4) is 5.75 Å². The van der Waals surface area contributed by atoms with Crippen LogP contribution in [0.4, 0.5) is 0 Å². The molecule has 3 nitrogen and oxygen atoms in total. The van der Waals surface area contributed by atoms with E-state index in [1.807, 2.05) is 13.2 Å². The number of nitrogens with zero attached hydrogens (tertiary/aromatic N) is 1. The molecule has 0 saturated carbocycles. The minimum atomic E-state index is 0.498. The molecule has 15 heavy (non-hydrogen) atoms. The fourth-order valence-corrected chi connectivity index (χ4v) is 1.27. The lowest BCUT2D eigenvalue weighted by Crippen LogP contribution is -2.11. The number of aromatic nitrogens is 1. The molecule has 1 N–H and O–H groups in total. The molecule has 0 saturated heterocycles. The maximum absolute atomic E-state index is 5.60. The zero-order valence-corrected chi connectivity index (χ0v) is 9.79. The van der Waals surface area contributed by atoms with Crippen molar-refractivity contribution in [2.24, 2.45) is 0 Å². The zero-order valence-electron chi connectivity index (χ0n) is 9.79. The van der Waals surface area contributed by atoms with Gasteiger partial charge in [0.25, 0.3) is 0 Å². The summed E-state index contributed by atoms with van der Waals surface area (Å²) in [7, 11) is 1.95. The van der Waals surface area contributed by atoms with E-state index < -0.39 is 0 Å². The first-order valence-corrected chi connectivity index (χ1v) is 5.46. The standard InChI is InChI=1S/C12H20N2O/c1-10(2)11-7-12(9-14-8-11)15-6-4-5-13-3/h7-10,13H,4-6H2,1-3H3. The molecule has 1 aromatic heterocycles. The molecule has 0 atom stereocenters. The summed E-state index contributed by atoms with van der Waals surface area (Å²) in [6.45, 7) is 6.03. The fraction of sp³-hybridized carbons (Fsp3) is 0.583. The summed E-state index contributed by atoms with van der Waals surface area (Å²) in [5.41, 5.74) is 1.22. The summed E-state index contributed by atoms with van der Waals surface area (Å²) in [4.78, 5) is 4.16. The van der Waals surface area contributed by atoms with Crippen LogP contribution in [0.15, 0.2) is 18.5 Å². The molecule has 1 aromatic rings. The van der Waals surface area contributed by atoms with Crippen molar-refractivity contribution >= 4 is 0 Å². The highest BCUT2D eigenvalue weighted by atomic mass is 16.5. The second-order valence-corrected chi connectivity index (χ2v) is 3.91. The molecule has 0 aliphatic rings. The van der Waals surface area contributed by atoms with E-state index in [2.05, 4.69) is 30.2 Å². The summed E-state index contributed by atoms with van der Waals surface area (Å²) in [5, 5.41) is 3.09. The van der Waals surface area contributed by atoms with Crippen molar-refractivity contribution in [2.75, 3.05) is 20.2 Å². The number of ether oxygens (including phenoxy) is 1. The minimum absolute atomic E-state index is 0.498. The van der Waals surface area contributed by atoms with Crippen LogP contribution in [0, 0.1) is 0 Å². The Labute approximate surface area is 91.9 Å². The molecule has 3 heteroatoms. The predicted octanol–water partition coefficient (Wildman–Crippen LogP) is 2.19. The van der Waals surface area contributed by atoms with E-state index in [0.29, 0.717) is 5.92 Å². The first kappa shape index (κ1) is 12.0. The van der Waals surface area contributed by atoms with Crippen LogP contribution in [-0.4, -0.2) is 25.2 Å². The second-order valence-electron chi connectivity index (χ2n) is 3.91. The van der Waals surface area contributed by atoms with Crippen LogP contribution < -0.4 is 10.1 Å². The van der Waals surface area contributed by atoms with Crippen molar-refractivity contribution in [1.29, 1.82) is 0 Å². The van der Waals surface area contributed by atoms with E-state index in [9.17, 15) is 0 Å². The topological polar surface area (TPSA) is 34.1 Å². The highest BCUT2D eigenvalue weighted by Crippen LogP contribution is 2.18. The van der Waals surface area contributed by atoms with Gasteiger partial charge in [0.2, 0.25) is 0 Å². The number of pyridine rings is 1. The van der Waals surface area contributed by atoms with Gasteiger partial charge in [0.1, 0.15) is 5.75 Å². The predicted molar refractivity (Wildman–Crippen MR) is 62.4 cm³/mol. The molecule has 0 aromatic carbocycles. The van der Waals surface area contributed by atoms with E-state index >= 15 is 0 Å². The Morgan fingerprint density at radius 1 is 1.40 bits per heavy atom. The van der Waals surface area contributed by atoms with Gasteiger partial charge in [-0.25, -0.2) is 0 Å². The van der Waals surface area contributed by atoms with Gasteiger partial charge in [0.15, 0.2) is 0 Å². The lowest BCUT2D eigenvalue weighted by Gasteiger charge is -2.09. The van der Waals surface area contributed by atoms with E-state index in [0.717, 1.165) is 25.3 Å². The molecule has 0 amide bonds. The Kier molecular flexibility index (Phi) is 5.12. The van der Waals surface area contributed by atoms with Gasteiger partial charge in [-0.3, -0.25) is 4.98 Å². The van der Waals surface area contributed by atoms with Crippen molar-refractivity contribution < 1.29 is 4.74 Å². The third-order valence-corrected chi connectivity index (χ3v) is 2.24. The normalized spacial score (nSPS) is 10.7. The third-order valence-electron chi connectivity index (χ3n) is 2.24. The Morgan fingerprint density at radius 2 is 2.20 bits per heavy atom. The fourth-order valence-electron chi connectivity index (χ4n) is 1.27. The monoisotopic (exact) mass is 208 g/mol. The molecule has 0 radical (unpaired) electrons. The molecular formula is C12H20N2O. The van der Waals surface area contributed by atoms with Gasteiger partial charge in [-0.1, -0.05) is 13.8 Å². The van der Waals surface area contributed by atoms with Gasteiger partial charge >= 0.3 is 0 Å². The molecule has 0 spiro atoms. The van der Waals surface area contributed by atoms with Gasteiger partial charge in [0.05, 0.1) is 12.8 Å². The lowest BCUT2D eigenvalue weighted by atomic mass is 10.1. The Bertz CT molecular complexity index is 287. The lowest BCUT2D eigenvalue weighted by molar-refractivity contribution is 0.308. The number of rotatable bonds is 6. The summed E-state index contributed by atoms with van der Waals surface area (Å²) in [6.07, 6.45) is 4.68. The molecular weight excluding hydrogens is 188 g/mol. The van der Waals surface area contributed by atoms with E-state index in [1.165, 1.54) is 5.56 Å². The Hall–Kier alpha value is -1.09. The van der Waals surface area contributed by atoms with Crippen LogP contribution in [-0.2, 0) is 0 Å². The average molecular weight is 208 g/mol. The number of nitrogens with one attached hydrogen (secondary N) is 1. The van der Waals surface area contributed by atoms with Gasteiger partial charge < -0.3 is 10.1 Å². The van der Waals surface area contributed by atoms with Crippen molar-refractivity contribution in [3.63, 3.8) is 0 Å². The summed E-state index contributed by atoms with van der Waals surface area (Å²) < 4.78 is 5.60. The highest BCUT2D eigenvalue weighted by Gasteiger charge is 2.01. The summed E-state index contributed by atoms with van der Waals surface area (Å²) >= 11 is 0. The molecule has 0 aliphatic carbocycles. The second kappa shape index (κ2) is 6.40. The molecule has 1 heterocycles. The Morgan fingerprint density at radius 3 is 2.87 bits per heavy atom. The van der Waals surface area contributed by atoms with Crippen molar-refractivity contribution in [2.45, 2.75) is 26.2 Å². The van der Waals surface area contributed by atoms with E-state index in [4.69, 9.17) is 4.74 Å². The minimum Gasteiger partial charge on any atom is -0.492 e. The summed E-state index contributed by atoms with van der Waals surface area (Å²) in [5.74, 6) is 1.37. The molecule has 0 bridgehead atoms. The van der Waals surface area contributed by atoms with Crippen LogP contribution in [0.3, 0.4) is 0 Å². The van der Waals surface area contributed by atoms with Crippen molar-refractivity contribution in [1.82, 2.24) is 10.3 Å². The quantitative estimate of drug-likeness (QED) is 0.728. The van der Waals surface area contributed by atoms with Gasteiger partial charge in [-0.05, 0) is 37.6 Å². The molecule has 0 unspecified atom stereocenters. The average Bonchev–Trinajstić information content (AvgIpc) is 2.25. The molecule has 84 valence electrons. The first-order chi connectivity index (χ1) is 7.24. The number of hydrogen-bond acceptors (Lipinski definition) is 3. The zero-order chi connectivity index (χ0) is 11.1. The highest BCUT2D eigenvalue weighted by molar-refractivity contribution is 5.25. The molecule has 1 rings (SSSR count). The summed E-state index contributed by atoms with van der Waals surface area (Å²) in [6, 6.07) is 2.07. The van der Waals surface area contributed by atoms with Gasteiger partial charge in [-0.2, -0.15) is 0 Å². The molecule has 0 fully saturated rings. The molecule has 0 aliphatic heterocycles. The maximum atomic E-state index is 5.60. The van der Waals surface area contributed by atoms with Gasteiger partial charge in [0, 0.05) is 6.20 Å². The van der Waals surface area contributed by atoms with Crippen LogP contribution >= 0.6 is 0 Å². The van der Waals surface area contributed by atoms with Gasteiger partial charge in [-0.15, -0.1) is 0 Å². The SMILES string of the molecule is CNCCCOc1cncc(C(C)C)c1. The van der Waals surface area contributed by atoms with Crippen LogP contribution in [0.25, 0.3) is 0 Å². The van der Waals surface area contributed by atoms with Crippen molar-refractivity contribution in [3.05, 3.63) is 24.0 Å². The number of hydrogen-bond donors (Lipinski definition) is 1. The maximum Gasteiger partial charge on any atom is 0.137 e. The third kappa shape index (κ3) is 4.30. The smallest absolute Gasteiger partial charge is 0.137 e. The largest absolute Gasteiger partial charge is 0.492 e. The van der Waals surface area contributed by atoms with Crippen LogP contribution in [0.1, 0.15) is 31.7 Å². The Balaban J connectivity index is 2.43. The van der Waals surface area contributed by atoms with Crippen LogP contribution in [0.5, 0.6) is 5.75 Å². The van der Waals surface area contributed by atoms with E-state index in [1.54, 1.807) is 6.20 Å². The van der Waals surface area contributed by atoms with E-state index in [-0.39, 0.29) is 0 Å². The van der Waals surface area contributed by atoms with Crippen LogP contribution in [0.2, 0.25) is 0 Å². The first-order valence-electron chi connectivity index (χ1n) is 5.46.